The fraction of sp³-hybridized carbons (Fsp3) is 0.550. The highest BCUT2D eigenvalue weighted by molar-refractivity contribution is 5.82. The Hall–Kier alpha value is -2.79. The van der Waals surface area contributed by atoms with Crippen LogP contribution in [0.4, 0.5) is 26.3 Å². The van der Waals surface area contributed by atoms with Gasteiger partial charge < -0.3 is 9.74 Å². The average molecular weight is 444 g/mol. The second-order valence-corrected chi connectivity index (χ2v) is 7.68. The number of nitrogens with zero attached hydrogens (tertiary/aromatic N) is 3. The molecule has 2 saturated heterocycles. The topological polar surface area (TPSA) is 60.5 Å². The summed E-state index contributed by atoms with van der Waals surface area (Å²) in [4.78, 5) is 17.6. The summed E-state index contributed by atoms with van der Waals surface area (Å²) in [6.07, 6.45) is -9.15. The average Bonchev–Trinajstić information content (AvgIpc) is 3.18. The van der Waals surface area contributed by atoms with E-state index in [0.29, 0.717) is 18.9 Å². The monoisotopic (exact) mass is 444 g/mol. The van der Waals surface area contributed by atoms with E-state index in [-0.39, 0.29) is 31.1 Å². The zero-order valence-corrected chi connectivity index (χ0v) is 16.1. The van der Waals surface area contributed by atoms with Crippen molar-refractivity contribution in [2.24, 2.45) is 0 Å². The first kappa shape index (κ1) is 22.9. The van der Waals surface area contributed by atoms with Gasteiger partial charge in [-0.3, -0.25) is 10.1 Å². The van der Waals surface area contributed by atoms with Crippen molar-refractivity contribution in [3.63, 3.8) is 0 Å². The lowest BCUT2D eigenvalue weighted by Crippen LogP contribution is -2.50. The third-order valence-corrected chi connectivity index (χ3v) is 5.78. The van der Waals surface area contributed by atoms with E-state index in [1.54, 1.807) is 0 Å². The summed E-state index contributed by atoms with van der Waals surface area (Å²) in [6.45, 7) is 7.53. The molecule has 166 valence electrons. The van der Waals surface area contributed by atoms with Gasteiger partial charge in [-0.2, -0.15) is 31.6 Å². The van der Waals surface area contributed by atoms with Crippen molar-refractivity contribution in [2.75, 3.05) is 13.1 Å². The Labute approximate surface area is 174 Å². The van der Waals surface area contributed by atoms with E-state index in [0.717, 1.165) is 12.1 Å². The van der Waals surface area contributed by atoms with Crippen molar-refractivity contribution in [3.8, 4) is 6.07 Å². The number of piperidine rings is 1. The molecule has 0 bridgehead atoms. The van der Waals surface area contributed by atoms with Gasteiger partial charge in [-0.25, -0.2) is 6.57 Å². The molecule has 3 rings (SSSR count). The van der Waals surface area contributed by atoms with Crippen molar-refractivity contribution < 1.29 is 31.1 Å². The number of benzene rings is 1. The van der Waals surface area contributed by atoms with Crippen LogP contribution >= 0.6 is 0 Å². The molecule has 0 spiro atoms. The van der Waals surface area contributed by atoms with Gasteiger partial charge in [0.25, 0.3) is 0 Å². The molecule has 1 amide bonds. The number of nitriles is 1. The highest BCUT2D eigenvalue weighted by atomic mass is 19.4. The summed E-state index contributed by atoms with van der Waals surface area (Å²) in [5.41, 5.74) is -2.21. The molecule has 0 aromatic heterocycles. The molecule has 1 aromatic rings. The van der Waals surface area contributed by atoms with Crippen LogP contribution in [0, 0.1) is 17.9 Å². The van der Waals surface area contributed by atoms with E-state index in [1.165, 1.54) is 11.0 Å². The number of likely N-dealkylation sites (tertiary alicyclic amines) is 1. The largest absolute Gasteiger partial charge is 0.417 e. The first-order valence-corrected chi connectivity index (χ1v) is 9.55. The predicted octanol–water partition coefficient (Wildman–Crippen LogP) is 3.86. The fourth-order valence-corrected chi connectivity index (χ4v) is 4.17. The first-order chi connectivity index (χ1) is 14.5. The molecule has 2 fully saturated rings. The van der Waals surface area contributed by atoms with E-state index in [2.05, 4.69) is 10.2 Å². The van der Waals surface area contributed by atoms with Gasteiger partial charge in [0.05, 0.1) is 23.2 Å². The first-order valence-electron chi connectivity index (χ1n) is 9.55. The number of hydrogen-bond acceptors (Lipinski definition) is 3. The van der Waals surface area contributed by atoms with Crippen LogP contribution in [0.25, 0.3) is 4.85 Å². The van der Waals surface area contributed by atoms with Gasteiger partial charge in [-0.15, -0.1) is 0 Å². The lowest BCUT2D eigenvalue weighted by molar-refractivity contribution is -0.156. The van der Waals surface area contributed by atoms with Crippen molar-refractivity contribution in [2.45, 2.75) is 55.7 Å². The maximum Gasteiger partial charge on any atom is 0.417 e. The molecule has 3 atom stereocenters. The van der Waals surface area contributed by atoms with E-state index >= 15 is 0 Å². The van der Waals surface area contributed by atoms with Crippen LogP contribution in [-0.2, 0) is 11.0 Å². The fourth-order valence-electron chi connectivity index (χ4n) is 4.17. The number of carbonyl (C=O) groups excluding carboxylic acids is 1. The molecule has 5 nitrogen and oxygen atoms in total. The van der Waals surface area contributed by atoms with Gasteiger partial charge in [0.15, 0.2) is 0 Å². The van der Waals surface area contributed by atoms with E-state index < -0.39 is 47.4 Å². The molecular weight excluding hydrogens is 426 g/mol. The quantitative estimate of drug-likeness (QED) is 0.557. The van der Waals surface area contributed by atoms with Gasteiger partial charge in [-0.05, 0) is 24.1 Å². The highest BCUT2D eigenvalue weighted by Gasteiger charge is 2.53. The Morgan fingerprint density at radius 3 is 2.35 bits per heavy atom. The van der Waals surface area contributed by atoms with Crippen molar-refractivity contribution >= 4 is 5.91 Å². The third-order valence-electron chi connectivity index (χ3n) is 5.78. The van der Waals surface area contributed by atoms with Crippen molar-refractivity contribution in [3.05, 3.63) is 46.3 Å². The maximum absolute atomic E-state index is 13.7. The minimum atomic E-state index is -4.90. The molecule has 3 unspecified atom stereocenters. The lowest BCUT2D eigenvalue weighted by atomic mass is 9.88. The molecule has 2 aliphatic heterocycles. The smallest absolute Gasteiger partial charge is 0.341 e. The SMILES string of the molecule is [C-]#[N+]C1CCN(C(=O)C2CC(c3ccc(C#N)c(C(F)(F)F)c3)C(C(F)(F)F)N2)CC1. The second kappa shape index (κ2) is 8.39. The normalized spacial score (nSPS) is 25.2. The molecule has 1 aromatic carbocycles. The van der Waals surface area contributed by atoms with E-state index in [1.807, 2.05) is 0 Å². The summed E-state index contributed by atoms with van der Waals surface area (Å²) in [7, 11) is 0. The molecular formula is C20H18F6N4O. The zero-order valence-electron chi connectivity index (χ0n) is 16.1. The Morgan fingerprint density at radius 2 is 1.84 bits per heavy atom. The van der Waals surface area contributed by atoms with Crippen LogP contribution < -0.4 is 5.32 Å². The van der Waals surface area contributed by atoms with E-state index in [9.17, 15) is 31.1 Å². The maximum atomic E-state index is 13.7. The highest BCUT2D eigenvalue weighted by Crippen LogP contribution is 2.42. The summed E-state index contributed by atoms with van der Waals surface area (Å²) >= 11 is 0. The van der Waals surface area contributed by atoms with Gasteiger partial charge in [0, 0.05) is 31.8 Å². The molecule has 0 radical (unpaired) electrons. The molecule has 0 saturated carbocycles. The number of alkyl halides is 6. The third kappa shape index (κ3) is 4.77. The molecule has 31 heavy (non-hydrogen) atoms. The van der Waals surface area contributed by atoms with Crippen LogP contribution in [0.15, 0.2) is 18.2 Å². The lowest BCUT2D eigenvalue weighted by Gasteiger charge is -2.29. The molecule has 11 heteroatoms. The molecule has 1 N–H and O–H groups in total. The van der Waals surface area contributed by atoms with Gasteiger partial charge >= 0.3 is 12.4 Å². The molecule has 2 heterocycles. The Bertz CT molecular complexity index is 922. The zero-order chi connectivity index (χ0) is 23.0. The van der Waals surface area contributed by atoms with Gasteiger partial charge in [-0.1, -0.05) is 6.07 Å². The number of hydrogen-bond donors (Lipinski definition) is 1. The molecule has 0 aliphatic carbocycles. The number of carbonyl (C=O) groups is 1. The van der Waals surface area contributed by atoms with Crippen LogP contribution in [-0.4, -0.2) is 48.2 Å². The summed E-state index contributed by atoms with van der Waals surface area (Å²) < 4.78 is 80.8. The summed E-state index contributed by atoms with van der Waals surface area (Å²) in [5.74, 6) is -1.96. The number of halogens is 6. The molecule has 2 aliphatic rings. The predicted molar refractivity (Wildman–Crippen MR) is 96.5 cm³/mol. The van der Waals surface area contributed by atoms with E-state index in [4.69, 9.17) is 11.8 Å². The van der Waals surface area contributed by atoms with Crippen molar-refractivity contribution in [1.82, 2.24) is 10.2 Å². The minimum Gasteiger partial charge on any atom is -0.341 e. The number of rotatable bonds is 2. The Kier molecular flexibility index (Phi) is 6.19. The minimum absolute atomic E-state index is 0.226. The Morgan fingerprint density at radius 1 is 1.19 bits per heavy atom. The van der Waals surface area contributed by atoms with Crippen LogP contribution in [0.5, 0.6) is 0 Å². The van der Waals surface area contributed by atoms with Crippen LogP contribution in [0.2, 0.25) is 0 Å². The van der Waals surface area contributed by atoms with Gasteiger partial charge in [0.2, 0.25) is 11.9 Å². The Balaban J connectivity index is 1.87. The number of amides is 1. The summed E-state index contributed by atoms with van der Waals surface area (Å²) in [6, 6.07) is 0.274. The van der Waals surface area contributed by atoms with Gasteiger partial charge in [0.1, 0.15) is 6.04 Å². The standard InChI is InChI=1S/C20H18F6N4O/c1-28-13-4-6-30(7-5-13)18(31)16-9-14(17(29-16)20(24,25)26)11-2-3-12(10-27)15(8-11)19(21,22)23/h2-3,8,13-14,16-17,29H,4-7,9H2. The van der Waals surface area contributed by atoms with Crippen LogP contribution in [0.1, 0.15) is 41.9 Å². The number of nitrogens with one attached hydrogen (secondary N) is 1. The summed E-state index contributed by atoms with van der Waals surface area (Å²) in [5, 5.41) is 11.2. The van der Waals surface area contributed by atoms with Crippen LogP contribution in [0.3, 0.4) is 0 Å². The second-order valence-electron chi connectivity index (χ2n) is 7.68. The van der Waals surface area contributed by atoms with Crippen molar-refractivity contribution in [1.29, 1.82) is 5.26 Å².